The molecule has 1 aromatic carbocycles. The molecule has 5 nitrogen and oxygen atoms in total. The van der Waals surface area contributed by atoms with Gasteiger partial charge in [-0.3, -0.25) is 19.9 Å². The molecule has 0 radical (unpaired) electrons. The zero-order valence-corrected chi connectivity index (χ0v) is 12.2. The summed E-state index contributed by atoms with van der Waals surface area (Å²) in [6.45, 7) is 2.37. The van der Waals surface area contributed by atoms with Crippen molar-refractivity contribution in [3.05, 3.63) is 82.0 Å². The summed E-state index contributed by atoms with van der Waals surface area (Å²) in [5.41, 5.74) is 3.09. The molecule has 0 amide bonds. The lowest BCUT2D eigenvalue weighted by atomic mass is 10.2. The molecule has 0 aliphatic rings. The zero-order chi connectivity index (χ0) is 15.4. The monoisotopic (exact) mass is 292 g/mol. The normalized spacial score (nSPS) is 11.1. The number of aryl methyl sites for hydroxylation is 1. The standard InChI is InChI=1S/C17H16N4O/c1-13-16(12-19-11-14-6-5-9-18-10-14)17(22)21(20-13)15-7-3-2-4-8-15/h2-10,12,20H,11H2,1H3. The van der Waals surface area contributed by atoms with E-state index < -0.39 is 0 Å². The van der Waals surface area contributed by atoms with E-state index >= 15 is 0 Å². The van der Waals surface area contributed by atoms with E-state index in [1.807, 2.05) is 49.4 Å². The molecule has 0 aliphatic heterocycles. The molecular weight excluding hydrogens is 276 g/mol. The van der Waals surface area contributed by atoms with E-state index in [0.29, 0.717) is 12.1 Å². The van der Waals surface area contributed by atoms with E-state index in [9.17, 15) is 4.79 Å². The maximum absolute atomic E-state index is 12.5. The van der Waals surface area contributed by atoms with Crippen molar-refractivity contribution < 1.29 is 0 Å². The third-order valence-corrected chi connectivity index (χ3v) is 3.35. The molecule has 0 atom stereocenters. The van der Waals surface area contributed by atoms with Crippen LogP contribution in [0.1, 0.15) is 16.8 Å². The number of pyridine rings is 1. The Labute approximate surface area is 128 Å². The average molecular weight is 292 g/mol. The average Bonchev–Trinajstić information content (AvgIpc) is 2.85. The van der Waals surface area contributed by atoms with E-state index in [0.717, 1.165) is 16.9 Å². The minimum atomic E-state index is -0.0985. The lowest BCUT2D eigenvalue weighted by molar-refractivity contribution is 0.835. The molecule has 5 heteroatoms. The molecule has 0 bridgehead atoms. The molecule has 3 rings (SSSR count). The summed E-state index contributed by atoms with van der Waals surface area (Å²) >= 11 is 0. The number of rotatable bonds is 4. The summed E-state index contributed by atoms with van der Waals surface area (Å²) in [5.74, 6) is 0. The topological polar surface area (TPSA) is 63.0 Å². The SMILES string of the molecule is Cc1[nH]n(-c2ccccc2)c(=O)c1C=NCc1cccnc1. The van der Waals surface area contributed by atoms with Crippen molar-refractivity contribution in [3.63, 3.8) is 0 Å². The highest BCUT2D eigenvalue weighted by atomic mass is 16.1. The van der Waals surface area contributed by atoms with Crippen molar-refractivity contribution in [2.75, 3.05) is 0 Å². The molecule has 0 unspecified atom stereocenters. The van der Waals surface area contributed by atoms with E-state index in [1.54, 1.807) is 18.6 Å². The van der Waals surface area contributed by atoms with Crippen molar-refractivity contribution in [1.29, 1.82) is 0 Å². The van der Waals surface area contributed by atoms with Crippen molar-refractivity contribution in [1.82, 2.24) is 14.8 Å². The lowest BCUT2D eigenvalue weighted by Gasteiger charge is -1.99. The largest absolute Gasteiger partial charge is 0.295 e. The molecular formula is C17H16N4O. The summed E-state index contributed by atoms with van der Waals surface area (Å²) in [5, 5.41) is 3.08. The second-order valence-corrected chi connectivity index (χ2v) is 4.96. The Morgan fingerprint density at radius 3 is 2.77 bits per heavy atom. The molecule has 0 aliphatic carbocycles. The van der Waals surface area contributed by atoms with Crippen LogP contribution in [0.4, 0.5) is 0 Å². The van der Waals surface area contributed by atoms with Gasteiger partial charge in [0.15, 0.2) is 0 Å². The van der Waals surface area contributed by atoms with Gasteiger partial charge < -0.3 is 0 Å². The number of nitrogens with one attached hydrogen (secondary N) is 1. The van der Waals surface area contributed by atoms with Crippen LogP contribution in [0, 0.1) is 6.92 Å². The second kappa shape index (κ2) is 6.22. The molecule has 2 heterocycles. The van der Waals surface area contributed by atoms with Gasteiger partial charge in [-0.05, 0) is 30.7 Å². The van der Waals surface area contributed by atoms with E-state index in [2.05, 4.69) is 15.1 Å². The van der Waals surface area contributed by atoms with Gasteiger partial charge in [0.05, 0.1) is 17.8 Å². The predicted octanol–water partition coefficient (Wildman–Crippen LogP) is 2.49. The molecule has 0 saturated heterocycles. The number of aromatic nitrogens is 3. The predicted molar refractivity (Wildman–Crippen MR) is 86.7 cm³/mol. The van der Waals surface area contributed by atoms with Gasteiger partial charge in [-0.15, -0.1) is 0 Å². The first-order valence-corrected chi connectivity index (χ1v) is 7.01. The van der Waals surface area contributed by atoms with Crippen LogP contribution in [-0.2, 0) is 6.54 Å². The van der Waals surface area contributed by atoms with Crippen LogP contribution in [0.3, 0.4) is 0 Å². The molecule has 22 heavy (non-hydrogen) atoms. The van der Waals surface area contributed by atoms with Gasteiger partial charge in [-0.25, -0.2) is 4.68 Å². The summed E-state index contributed by atoms with van der Waals surface area (Å²) in [7, 11) is 0. The van der Waals surface area contributed by atoms with E-state index in [4.69, 9.17) is 0 Å². The van der Waals surface area contributed by atoms with Crippen LogP contribution in [-0.4, -0.2) is 21.0 Å². The number of aromatic amines is 1. The van der Waals surface area contributed by atoms with Gasteiger partial charge in [-0.2, -0.15) is 0 Å². The first-order chi connectivity index (χ1) is 10.8. The zero-order valence-electron chi connectivity index (χ0n) is 12.2. The Kier molecular flexibility index (Phi) is 3.96. The Hall–Kier alpha value is -2.95. The molecule has 2 aromatic heterocycles. The molecule has 0 fully saturated rings. The fourth-order valence-electron chi connectivity index (χ4n) is 2.20. The Morgan fingerprint density at radius 1 is 1.23 bits per heavy atom. The maximum Gasteiger partial charge on any atom is 0.280 e. The first kappa shape index (κ1) is 14.0. The Morgan fingerprint density at radius 2 is 2.05 bits per heavy atom. The minimum absolute atomic E-state index is 0.0985. The fraction of sp³-hybridized carbons (Fsp3) is 0.118. The van der Waals surface area contributed by atoms with Crippen molar-refractivity contribution in [3.8, 4) is 5.69 Å². The highest BCUT2D eigenvalue weighted by Gasteiger charge is 2.09. The summed E-state index contributed by atoms with van der Waals surface area (Å²) in [6.07, 6.45) is 5.12. The summed E-state index contributed by atoms with van der Waals surface area (Å²) in [4.78, 5) is 20.8. The number of benzene rings is 1. The molecule has 3 aromatic rings. The number of hydrogen-bond acceptors (Lipinski definition) is 3. The highest BCUT2D eigenvalue weighted by Crippen LogP contribution is 2.06. The Bertz CT molecular complexity index is 832. The van der Waals surface area contributed by atoms with E-state index in [1.165, 1.54) is 4.68 Å². The van der Waals surface area contributed by atoms with Crippen LogP contribution >= 0.6 is 0 Å². The summed E-state index contributed by atoms with van der Waals surface area (Å²) < 4.78 is 1.53. The number of nitrogens with zero attached hydrogens (tertiary/aromatic N) is 3. The van der Waals surface area contributed by atoms with Crippen LogP contribution in [0.25, 0.3) is 5.69 Å². The quantitative estimate of drug-likeness (QED) is 0.751. The van der Waals surface area contributed by atoms with Crippen LogP contribution in [0.15, 0.2) is 64.6 Å². The molecule has 0 saturated carbocycles. The van der Waals surface area contributed by atoms with Crippen LogP contribution < -0.4 is 5.56 Å². The van der Waals surface area contributed by atoms with Crippen LogP contribution in [0.5, 0.6) is 0 Å². The third kappa shape index (κ3) is 2.88. The molecule has 1 N–H and O–H groups in total. The van der Waals surface area contributed by atoms with Gasteiger partial charge in [0.2, 0.25) is 0 Å². The minimum Gasteiger partial charge on any atom is -0.295 e. The lowest BCUT2D eigenvalue weighted by Crippen LogP contribution is -2.17. The van der Waals surface area contributed by atoms with Crippen molar-refractivity contribution in [2.24, 2.45) is 4.99 Å². The number of H-pyrrole nitrogens is 1. The number of aliphatic imine (C=N–C) groups is 1. The van der Waals surface area contributed by atoms with Gasteiger partial charge in [0, 0.05) is 24.3 Å². The van der Waals surface area contributed by atoms with Crippen LogP contribution in [0.2, 0.25) is 0 Å². The number of hydrogen-bond donors (Lipinski definition) is 1. The molecule has 110 valence electrons. The second-order valence-electron chi connectivity index (χ2n) is 4.96. The van der Waals surface area contributed by atoms with Gasteiger partial charge in [0.1, 0.15) is 0 Å². The first-order valence-electron chi connectivity index (χ1n) is 7.01. The highest BCUT2D eigenvalue weighted by molar-refractivity contribution is 5.80. The molecule has 0 spiro atoms. The Balaban J connectivity index is 1.86. The summed E-state index contributed by atoms with van der Waals surface area (Å²) in [6, 6.07) is 13.3. The number of para-hydroxylation sites is 1. The van der Waals surface area contributed by atoms with Gasteiger partial charge in [0.25, 0.3) is 5.56 Å². The third-order valence-electron chi connectivity index (χ3n) is 3.35. The van der Waals surface area contributed by atoms with Gasteiger partial charge >= 0.3 is 0 Å². The van der Waals surface area contributed by atoms with E-state index in [-0.39, 0.29) is 5.56 Å². The van der Waals surface area contributed by atoms with Gasteiger partial charge in [-0.1, -0.05) is 24.3 Å². The fourth-order valence-corrected chi connectivity index (χ4v) is 2.20. The van der Waals surface area contributed by atoms with Crippen molar-refractivity contribution in [2.45, 2.75) is 13.5 Å². The maximum atomic E-state index is 12.5. The van der Waals surface area contributed by atoms with Crippen molar-refractivity contribution >= 4 is 6.21 Å². The smallest absolute Gasteiger partial charge is 0.280 e.